The Balaban J connectivity index is 1.55. The highest BCUT2D eigenvalue weighted by molar-refractivity contribution is 5.70. The van der Waals surface area contributed by atoms with Gasteiger partial charge in [0.2, 0.25) is 5.95 Å². The minimum absolute atomic E-state index is 0.0183. The van der Waals surface area contributed by atoms with Gasteiger partial charge in [-0.1, -0.05) is 18.2 Å². The Kier molecular flexibility index (Phi) is 4.49. The maximum absolute atomic E-state index is 15.3. The summed E-state index contributed by atoms with van der Waals surface area (Å²) in [6.07, 6.45) is -2.63. The van der Waals surface area contributed by atoms with Crippen LogP contribution in [0.2, 0.25) is 0 Å². The van der Waals surface area contributed by atoms with Crippen molar-refractivity contribution in [3.05, 3.63) is 47.0 Å². The lowest BCUT2D eigenvalue weighted by molar-refractivity contribution is -0.233. The first-order valence-electron chi connectivity index (χ1n) is 8.47. The Morgan fingerprint density at radius 1 is 1.43 bits per heavy atom. The van der Waals surface area contributed by atoms with E-state index in [-0.39, 0.29) is 23.7 Å². The number of hydrogen-bond donors (Lipinski definition) is 3. The molecule has 0 spiro atoms. The highest BCUT2D eigenvalue weighted by Crippen LogP contribution is 2.42. The number of ether oxygens (including phenoxy) is 1. The van der Waals surface area contributed by atoms with Gasteiger partial charge in [-0.15, -0.1) is 0 Å². The highest BCUT2D eigenvalue weighted by Gasteiger charge is 2.55. The maximum atomic E-state index is 15.3. The van der Waals surface area contributed by atoms with Crippen LogP contribution in [0, 0.1) is 0 Å². The third-order valence-electron chi connectivity index (χ3n) is 4.55. The van der Waals surface area contributed by atoms with Gasteiger partial charge < -0.3 is 20.5 Å². The van der Waals surface area contributed by atoms with Crippen LogP contribution in [0.5, 0.6) is 5.75 Å². The lowest BCUT2D eigenvalue weighted by atomic mass is 9.98. The Morgan fingerprint density at radius 3 is 2.93 bits per heavy atom. The number of hydrogen-bond acceptors (Lipinski definition) is 8. The second-order valence-corrected chi connectivity index (χ2v) is 6.58. The summed E-state index contributed by atoms with van der Waals surface area (Å²) >= 11 is 0. The molecule has 1 aromatic carbocycles. The van der Waals surface area contributed by atoms with Crippen molar-refractivity contribution in [3.8, 4) is 5.75 Å². The lowest BCUT2D eigenvalue weighted by Crippen LogP contribution is -2.41. The third kappa shape index (κ3) is 3.09. The van der Waals surface area contributed by atoms with E-state index >= 15 is 4.39 Å². The van der Waals surface area contributed by atoms with E-state index in [9.17, 15) is 9.90 Å². The van der Waals surface area contributed by atoms with Crippen molar-refractivity contribution < 1.29 is 24.0 Å². The molecule has 3 heterocycles. The molecular weight excluding hydrogens is 373 g/mol. The van der Waals surface area contributed by atoms with Gasteiger partial charge in [-0.2, -0.15) is 9.87 Å². The first-order valence-corrected chi connectivity index (χ1v) is 8.47. The monoisotopic (exact) mass is 391 g/mol. The smallest absolute Gasteiger partial charge is 0.280 e. The van der Waals surface area contributed by atoms with Crippen LogP contribution < -0.4 is 16.2 Å². The summed E-state index contributed by atoms with van der Waals surface area (Å²) < 4.78 is 22.2. The van der Waals surface area contributed by atoms with Gasteiger partial charge in [-0.25, -0.2) is 9.37 Å². The largest absolute Gasteiger partial charge is 0.387 e. The molecule has 4 N–H and O–H groups in total. The Labute approximate surface area is 157 Å². The molecular formula is C17H18FN5O5. The van der Waals surface area contributed by atoms with Crippen molar-refractivity contribution in [2.45, 2.75) is 31.0 Å². The summed E-state index contributed by atoms with van der Waals surface area (Å²) in [5.74, 6) is 0.309. The van der Waals surface area contributed by atoms with E-state index in [1.165, 1.54) is 17.8 Å². The van der Waals surface area contributed by atoms with Crippen LogP contribution in [0.1, 0.15) is 13.2 Å². The van der Waals surface area contributed by atoms with Gasteiger partial charge >= 0.3 is 0 Å². The van der Waals surface area contributed by atoms with Crippen LogP contribution >= 0.6 is 0 Å². The standard InChI is InChI=1S/C17H18FN5O5/c1-17(18)12(24)10(7-26-28-9-5-3-2-4-6-9)27-15(17)23-8-20-11-13(23)21-16(19)22-14(11)25/h2-6,8,10,12,15,24H,7H2,1H3,(H3,19,21,22,25)/t10?,12-,15?,17-/m1/s1. The molecule has 1 aliphatic rings. The summed E-state index contributed by atoms with van der Waals surface area (Å²) in [5, 5.41) is 10.4. The van der Waals surface area contributed by atoms with E-state index in [0.717, 1.165) is 0 Å². The normalized spacial score (nSPS) is 27.3. The molecule has 0 bridgehead atoms. The molecule has 28 heavy (non-hydrogen) atoms. The maximum Gasteiger partial charge on any atom is 0.280 e. The number of aliphatic hydroxyl groups is 1. The molecule has 2 aromatic heterocycles. The zero-order valence-electron chi connectivity index (χ0n) is 14.8. The fraction of sp³-hybridized carbons (Fsp3) is 0.353. The fourth-order valence-corrected chi connectivity index (χ4v) is 3.11. The number of anilines is 1. The van der Waals surface area contributed by atoms with E-state index in [1.54, 1.807) is 24.3 Å². The number of rotatable bonds is 5. The van der Waals surface area contributed by atoms with Crippen LogP contribution in [0.25, 0.3) is 11.2 Å². The van der Waals surface area contributed by atoms with Crippen molar-refractivity contribution in [2.75, 3.05) is 12.3 Å². The zero-order chi connectivity index (χ0) is 19.9. The van der Waals surface area contributed by atoms with Gasteiger partial charge in [-0.3, -0.25) is 14.3 Å². The van der Waals surface area contributed by atoms with Crippen molar-refractivity contribution >= 4 is 17.1 Å². The number of halogens is 1. The van der Waals surface area contributed by atoms with Crippen molar-refractivity contribution in [2.24, 2.45) is 0 Å². The molecule has 1 saturated heterocycles. The summed E-state index contributed by atoms with van der Waals surface area (Å²) in [5.41, 5.74) is 2.82. The molecule has 0 radical (unpaired) electrons. The average molecular weight is 391 g/mol. The lowest BCUT2D eigenvalue weighted by Gasteiger charge is -2.24. The summed E-state index contributed by atoms with van der Waals surface area (Å²) in [6, 6.07) is 8.70. The minimum Gasteiger partial charge on any atom is -0.387 e. The number of nitrogens with zero attached hydrogens (tertiary/aromatic N) is 3. The molecule has 4 rings (SSSR count). The van der Waals surface area contributed by atoms with Crippen LogP contribution in [0.15, 0.2) is 41.5 Å². The van der Waals surface area contributed by atoms with E-state index in [0.29, 0.717) is 5.75 Å². The number of H-pyrrole nitrogens is 1. The predicted octanol–water partition coefficient (Wildman–Crippen LogP) is 0.699. The molecule has 0 aliphatic carbocycles. The Bertz CT molecular complexity index is 1040. The van der Waals surface area contributed by atoms with Gasteiger partial charge in [0.05, 0.1) is 6.33 Å². The van der Waals surface area contributed by atoms with Crippen molar-refractivity contribution in [1.29, 1.82) is 0 Å². The Morgan fingerprint density at radius 2 is 2.18 bits per heavy atom. The second kappa shape index (κ2) is 6.86. The number of nitrogen functional groups attached to an aromatic ring is 1. The number of nitrogens with one attached hydrogen (secondary N) is 1. The van der Waals surface area contributed by atoms with Gasteiger partial charge in [0.15, 0.2) is 28.8 Å². The zero-order valence-corrected chi connectivity index (χ0v) is 14.8. The molecule has 11 heteroatoms. The molecule has 2 unspecified atom stereocenters. The van der Waals surface area contributed by atoms with Gasteiger partial charge in [0.1, 0.15) is 18.8 Å². The number of aromatic amines is 1. The van der Waals surface area contributed by atoms with Crippen LogP contribution in [-0.2, 0) is 9.62 Å². The number of aromatic nitrogens is 4. The SMILES string of the molecule is C[C@]1(F)C(n2cnc3c(=O)[nH]c(N)nc32)OC(COOc2ccccc2)[C@H]1O. The van der Waals surface area contributed by atoms with Gasteiger partial charge in [0.25, 0.3) is 5.56 Å². The number of nitrogens with two attached hydrogens (primary N) is 1. The van der Waals surface area contributed by atoms with Crippen molar-refractivity contribution in [1.82, 2.24) is 19.5 Å². The van der Waals surface area contributed by atoms with Gasteiger partial charge in [0, 0.05) is 0 Å². The fourth-order valence-electron chi connectivity index (χ4n) is 3.11. The summed E-state index contributed by atoms with van der Waals surface area (Å²) in [6.45, 7) is 0.956. The predicted molar refractivity (Wildman–Crippen MR) is 95.0 cm³/mol. The van der Waals surface area contributed by atoms with Crippen molar-refractivity contribution in [3.63, 3.8) is 0 Å². The molecule has 1 aliphatic heterocycles. The molecule has 10 nitrogen and oxygen atoms in total. The first-order chi connectivity index (χ1) is 13.4. The molecule has 0 saturated carbocycles. The van der Waals surface area contributed by atoms with Crippen LogP contribution in [0.3, 0.4) is 0 Å². The minimum atomic E-state index is -2.21. The number of benzene rings is 1. The Hall–Kier alpha value is -3.02. The molecule has 148 valence electrons. The molecule has 4 atom stereocenters. The van der Waals surface area contributed by atoms with E-state index in [2.05, 4.69) is 15.0 Å². The highest BCUT2D eigenvalue weighted by atomic mass is 19.1. The quantitative estimate of drug-likeness (QED) is 0.427. The van der Waals surface area contributed by atoms with E-state index in [1.807, 2.05) is 6.07 Å². The van der Waals surface area contributed by atoms with Gasteiger partial charge in [-0.05, 0) is 19.1 Å². The topological polar surface area (TPSA) is 138 Å². The molecule has 3 aromatic rings. The second-order valence-electron chi connectivity index (χ2n) is 6.58. The average Bonchev–Trinajstić information content (AvgIpc) is 3.16. The third-order valence-corrected chi connectivity index (χ3v) is 4.55. The first kappa shape index (κ1) is 18.3. The van der Waals surface area contributed by atoms with E-state index in [4.69, 9.17) is 20.2 Å². The molecule has 1 fully saturated rings. The number of imidazole rings is 1. The number of fused-ring (bicyclic) bond motifs is 1. The van der Waals surface area contributed by atoms with Crippen LogP contribution in [-0.4, -0.2) is 49.1 Å². The number of alkyl halides is 1. The molecule has 0 amide bonds. The number of aliphatic hydroxyl groups excluding tert-OH is 1. The van der Waals surface area contributed by atoms with Crippen LogP contribution in [0.4, 0.5) is 10.3 Å². The summed E-state index contributed by atoms with van der Waals surface area (Å²) in [7, 11) is 0. The van der Waals surface area contributed by atoms with E-state index < -0.39 is 29.7 Å². The summed E-state index contributed by atoms with van der Waals surface area (Å²) in [4.78, 5) is 32.4. The number of para-hydroxylation sites is 1.